The van der Waals surface area contributed by atoms with E-state index in [1.807, 2.05) is 0 Å². The summed E-state index contributed by atoms with van der Waals surface area (Å²) in [7, 11) is 0. The van der Waals surface area contributed by atoms with Crippen LogP contribution >= 0.6 is 11.6 Å². The molecule has 1 aromatic rings. The number of carboxylic acids is 2. The zero-order chi connectivity index (χ0) is 14.4. The number of urea groups is 1. The number of carbonyl (C=O) groups excluding carboxylic acids is 1. The molecule has 2 amide bonds. The van der Waals surface area contributed by atoms with Crippen molar-refractivity contribution in [2.75, 3.05) is 18.4 Å². The Morgan fingerprint density at radius 2 is 1.74 bits per heavy atom. The van der Waals surface area contributed by atoms with Gasteiger partial charge >= 0.3 is 18.0 Å². The molecule has 0 aliphatic heterocycles. The molecule has 0 bridgehead atoms. The number of halogens is 1. The topological polar surface area (TPSA) is 107 Å². The van der Waals surface area contributed by atoms with E-state index in [4.69, 9.17) is 21.8 Å². The van der Waals surface area contributed by atoms with Crippen LogP contribution in [0.15, 0.2) is 24.3 Å². The van der Waals surface area contributed by atoms with Gasteiger partial charge in [-0.05, 0) is 18.2 Å². The van der Waals surface area contributed by atoms with Gasteiger partial charge in [-0.3, -0.25) is 9.59 Å². The predicted octanol–water partition coefficient (Wildman–Crippen LogP) is 1.34. The lowest BCUT2D eigenvalue weighted by Gasteiger charge is -2.19. The number of aliphatic carboxylic acids is 2. The Balaban J connectivity index is 2.76. The molecule has 19 heavy (non-hydrogen) atoms. The van der Waals surface area contributed by atoms with Crippen molar-refractivity contribution in [2.45, 2.75) is 0 Å². The quantitative estimate of drug-likeness (QED) is 0.757. The Bertz CT molecular complexity index is 490. The van der Waals surface area contributed by atoms with E-state index < -0.39 is 31.1 Å². The molecule has 0 aliphatic carbocycles. The number of hydrogen-bond acceptors (Lipinski definition) is 3. The summed E-state index contributed by atoms with van der Waals surface area (Å²) < 4.78 is 0. The second-order valence-corrected chi connectivity index (χ2v) is 4.02. The lowest BCUT2D eigenvalue weighted by molar-refractivity contribution is -0.140. The van der Waals surface area contributed by atoms with Gasteiger partial charge < -0.3 is 20.4 Å². The fraction of sp³-hybridized carbons (Fsp3) is 0.182. The Morgan fingerprint density at radius 3 is 2.21 bits per heavy atom. The highest BCUT2D eigenvalue weighted by atomic mass is 35.5. The molecule has 102 valence electrons. The first-order chi connectivity index (χ1) is 8.88. The summed E-state index contributed by atoms with van der Waals surface area (Å²) in [5.74, 6) is -2.61. The van der Waals surface area contributed by atoms with Gasteiger partial charge in [-0.1, -0.05) is 17.7 Å². The van der Waals surface area contributed by atoms with Crippen molar-refractivity contribution in [3.05, 3.63) is 29.3 Å². The maximum Gasteiger partial charge on any atom is 0.323 e. The van der Waals surface area contributed by atoms with Gasteiger partial charge in [0, 0.05) is 10.7 Å². The predicted molar refractivity (Wildman–Crippen MR) is 67.3 cm³/mol. The Labute approximate surface area is 113 Å². The first kappa shape index (κ1) is 14.8. The summed E-state index contributed by atoms with van der Waals surface area (Å²) in [6.45, 7) is -1.42. The van der Waals surface area contributed by atoms with Gasteiger partial charge in [0.25, 0.3) is 0 Å². The monoisotopic (exact) mass is 286 g/mol. The maximum absolute atomic E-state index is 11.7. The fourth-order valence-corrected chi connectivity index (χ4v) is 1.49. The van der Waals surface area contributed by atoms with Gasteiger partial charge in [-0.15, -0.1) is 0 Å². The molecular formula is C11H11ClN2O5. The average Bonchev–Trinajstić information content (AvgIpc) is 2.26. The minimum absolute atomic E-state index is 0.346. The van der Waals surface area contributed by atoms with E-state index in [1.54, 1.807) is 18.2 Å². The number of carbonyl (C=O) groups is 3. The lowest BCUT2D eigenvalue weighted by atomic mass is 10.3. The zero-order valence-corrected chi connectivity index (χ0v) is 10.4. The molecule has 0 unspecified atom stereocenters. The van der Waals surface area contributed by atoms with Crippen LogP contribution < -0.4 is 5.32 Å². The van der Waals surface area contributed by atoms with Crippen molar-refractivity contribution in [3.8, 4) is 0 Å². The van der Waals surface area contributed by atoms with E-state index in [0.29, 0.717) is 15.6 Å². The van der Waals surface area contributed by atoms with Crippen LogP contribution in [0, 0.1) is 0 Å². The highest BCUT2D eigenvalue weighted by molar-refractivity contribution is 6.30. The van der Waals surface area contributed by atoms with Crippen LogP contribution in [0.2, 0.25) is 5.02 Å². The summed E-state index contributed by atoms with van der Waals surface area (Å²) in [6.07, 6.45) is 0. The highest BCUT2D eigenvalue weighted by Gasteiger charge is 2.19. The SMILES string of the molecule is O=C(O)CN(CC(=O)O)C(=O)Nc1cccc(Cl)c1. The third-order valence-electron chi connectivity index (χ3n) is 2.02. The van der Waals surface area contributed by atoms with E-state index in [2.05, 4.69) is 5.32 Å². The number of anilines is 1. The lowest BCUT2D eigenvalue weighted by Crippen LogP contribution is -2.41. The second kappa shape index (κ2) is 6.60. The number of amides is 2. The van der Waals surface area contributed by atoms with Gasteiger partial charge in [-0.2, -0.15) is 0 Å². The number of carboxylic acid groups (broad SMARTS) is 2. The number of rotatable bonds is 5. The summed E-state index contributed by atoms with van der Waals surface area (Å²) >= 11 is 5.72. The van der Waals surface area contributed by atoms with Gasteiger partial charge in [0.05, 0.1) is 0 Å². The standard InChI is InChI=1S/C11H11ClN2O5/c12-7-2-1-3-8(4-7)13-11(19)14(5-9(15)16)6-10(17)18/h1-4H,5-6H2,(H,13,19)(H,15,16)(H,17,18). The smallest absolute Gasteiger partial charge is 0.323 e. The van der Waals surface area contributed by atoms with Crippen molar-refractivity contribution in [3.63, 3.8) is 0 Å². The van der Waals surface area contributed by atoms with Crippen LogP contribution in [0.25, 0.3) is 0 Å². The molecule has 0 radical (unpaired) electrons. The molecule has 0 spiro atoms. The minimum atomic E-state index is -1.30. The summed E-state index contributed by atoms with van der Waals surface area (Å²) in [4.78, 5) is 33.5. The third-order valence-corrected chi connectivity index (χ3v) is 2.25. The first-order valence-electron chi connectivity index (χ1n) is 5.13. The molecule has 3 N–H and O–H groups in total. The molecular weight excluding hydrogens is 276 g/mol. The molecule has 0 aliphatic rings. The van der Waals surface area contributed by atoms with Crippen LogP contribution in [0.1, 0.15) is 0 Å². The van der Waals surface area contributed by atoms with Crippen molar-refractivity contribution in [1.29, 1.82) is 0 Å². The number of hydrogen-bond donors (Lipinski definition) is 3. The van der Waals surface area contributed by atoms with Crippen molar-refractivity contribution < 1.29 is 24.6 Å². The Hall–Kier alpha value is -2.28. The Kier molecular flexibility index (Phi) is 5.13. The number of nitrogens with one attached hydrogen (secondary N) is 1. The van der Waals surface area contributed by atoms with Gasteiger partial charge in [0.2, 0.25) is 0 Å². The molecule has 0 aromatic heterocycles. The number of benzene rings is 1. The fourth-order valence-electron chi connectivity index (χ4n) is 1.29. The number of nitrogens with zero attached hydrogens (tertiary/aromatic N) is 1. The molecule has 0 saturated heterocycles. The third kappa shape index (κ3) is 5.26. The normalized spacial score (nSPS) is 9.74. The van der Waals surface area contributed by atoms with Crippen LogP contribution in [0.4, 0.5) is 10.5 Å². The molecule has 1 aromatic carbocycles. The largest absolute Gasteiger partial charge is 0.480 e. The maximum atomic E-state index is 11.7. The van der Waals surface area contributed by atoms with Gasteiger partial charge in [0.1, 0.15) is 13.1 Å². The van der Waals surface area contributed by atoms with Gasteiger partial charge in [0.15, 0.2) is 0 Å². The minimum Gasteiger partial charge on any atom is -0.480 e. The van der Waals surface area contributed by atoms with E-state index in [9.17, 15) is 14.4 Å². The second-order valence-electron chi connectivity index (χ2n) is 3.58. The first-order valence-corrected chi connectivity index (χ1v) is 5.51. The van der Waals surface area contributed by atoms with E-state index in [1.165, 1.54) is 6.07 Å². The molecule has 0 atom stereocenters. The van der Waals surface area contributed by atoms with E-state index in [-0.39, 0.29) is 0 Å². The highest BCUT2D eigenvalue weighted by Crippen LogP contribution is 2.15. The summed E-state index contributed by atoms with van der Waals surface area (Å²) in [6, 6.07) is 5.37. The van der Waals surface area contributed by atoms with Gasteiger partial charge in [-0.25, -0.2) is 4.79 Å². The summed E-state index contributed by atoms with van der Waals surface area (Å²) in [5.41, 5.74) is 0.346. The molecule has 1 rings (SSSR count). The molecule has 0 heterocycles. The van der Waals surface area contributed by atoms with Crippen molar-refractivity contribution in [1.82, 2.24) is 4.90 Å². The van der Waals surface area contributed by atoms with E-state index >= 15 is 0 Å². The van der Waals surface area contributed by atoms with Crippen molar-refractivity contribution in [2.24, 2.45) is 0 Å². The average molecular weight is 287 g/mol. The zero-order valence-electron chi connectivity index (χ0n) is 9.67. The molecule has 8 heteroatoms. The van der Waals surface area contributed by atoms with Crippen molar-refractivity contribution >= 4 is 35.3 Å². The van der Waals surface area contributed by atoms with Crippen LogP contribution in [-0.2, 0) is 9.59 Å². The van der Waals surface area contributed by atoms with E-state index in [0.717, 1.165) is 0 Å². The summed E-state index contributed by atoms with van der Waals surface area (Å²) in [5, 5.41) is 20.0. The molecule has 0 saturated carbocycles. The molecule has 7 nitrogen and oxygen atoms in total. The molecule has 0 fully saturated rings. The van der Waals surface area contributed by atoms with Crippen LogP contribution in [0.3, 0.4) is 0 Å². The van der Waals surface area contributed by atoms with Crippen LogP contribution in [0.5, 0.6) is 0 Å². The van der Waals surface area contributed by atoms with Crippen LogP contribution in [-0.4, -0.2) is 46.2 Å². The Morgan fingerprint density at radius 1 is 1.16 bits per heavy atom.